The van der Waals surface area contributed by atoms with E-state index in [-0.39, 0.29) is 12.3 Å². The monoisotopic (exact) mass is 293 g/mol. The summed E-state index contributed by atoms with van der Waals surface area (Å²) >= 11 is 0. The van der Waals surface area contributed by atoms with Crippen LogP contribution in [0.2, 0.25) is 0 Å². The molecule has 1 unspecified atom stereocenters. The van der Waals surface area contributed by atoms with Crippen molar-refractivity contribution in [2.24, 2.45) is 0 Å². The second-order valence-electron chi connectivity index (χ2n) is 5.92. The van der Waals surface area contributed by atoms with Crippen molar-refractivity contribution in [3.63, 3.8) is 0 Å². The predicted molar refractivity (Wildman–Crippen MR) is 80.3 cm³/mol. The Labute approximate surface area is 125 Å². The normalized spacial score (nSPS) is 12.5. The molecule has 0 fully saturated rings. The molecule has 0 aliphatic heterocycles. The van der Waals surface area contributed by atoms with Gasteiger partial charge in [-0.3, -0.25) is 4.79 Å². The van der Waals surface area contributed by atoms with Crippen molar-refractivity contribution in [1.82, 2.24) is 5.32 Å². The summed E-state index contributed by atoms with van der Waals surface area (Å²) in [5, 5.41) is 11.5. The Hall–Kier alpha value is -2.04. The summed E-state index contributed by atoms with van der Waals surface area (Å²) < 4.78 is 5.18. The molecular formula is C16H23NO4. The summed E-state index contributed by atoms with van der Waals surface area (Å²) in [6.45, 7) is 5.75. The minimum Gasteiger partial charge on any atom is -0.481 e. The zero-order chi connectivity index (χ0) is 15.9. The van der Waals surface area contributed by atoms with Crippen LogP contribution < -0.4 is 5.32 Å². The summed E-state index contributed by atoms with van der Waals surface area (Å²) in [4.78, 5) is 22.4. The largest absolute Gasteiger partial charge is 0.481 e. The number of carboxylic acids is 1. The summed E-state index contributed by atoms with van der Waals surface area (Å²) in [5.41, 5.74) is 0.461. The van der Waals surface area contributed by atoms with Crippen LogP contribution in [-0.4, -0.2) is 29.3 Å². The first-order chi connectivity index (χ1) is 9.78. The van der Waals surface area contributed by atoms with Gasteiger partial charge in [0, 0.05) is 18.9 Å². The second kappa shape index (κ2) is 7.67. The number of carbonyl (C=O) groups excluding carboxylic acids is 1. The van der Waals surface area contributed by atoms with Gasteiger partial charge in [-0.15, -0.1) is 0 Å². The molecule has 1 rings (SSSR count). The number of ether oxygens (including phenoxy) is 1. The third-order valence-electron chi connectivity index (χ3n) is 2.87. The fraction of sp³-hybridized carbons (Fsp3) is 0.500. The zero-order valence-electron chi connectivity index (χ0n) is 12.8. The lowest BCUT2D eigenvalue weighted by Gasteiger charge is -2.22. The van der Waals surface area contributed by atoms with Gasteiger partial charge in [-0.05, 0) is 32.8 Å². The maximum Gasteiger partial charge on any atom is 0.407 e. The molecule has 1 amide bonds. The number of amides is 1. The van der Waals surface area contributed by atoms with E-state index in [1.807, 2.05) is 30.3 Å². The highest BCUT2D eigenvalue weighted by molar-refractivity contribution is 5.68. The van der Waals surface area contributed by atoms with Gasteiger partial charge in [-0.2, -0.15) is 0 Å². The molecule has 0 aliphatic carbocycles. The minimum absolute atomic E-state index is 0.0465. The van der Waals surface area contributed by atoms with E-state index in [0.717, 1.165) is 5.56 Å². The molecule has 0 radical (unpaired) electrons. The molecule has 0 saturated carbocycles. The molecule has 1 atom stereocenters. The second-order valence-corrected chi connectivity index (χ2v) is 5.92. The first-order valence-corrected chi connectivity index (χ1v) is 7.01. The fourth-order valence-electron chi connectivity index (χ4n) is 1.93. The van der Waals surface area contributed by atoms with Crippen molar-refractivity contribution in [3.05, 3.63) is 35.9 Å². The molecule has 0 spiro atoms. The van der Waals surface area contributed by atoms with Gasteiger partial charge in [0.05, 0.1) is 0 Å². The Morgan fingerprint density at radius 2 is 1.86 bits per heavy atom. The van der Waals surface area contributed by atoms with Gasteiger partial charge in [0.1, 0.15) is 5.60 Å². The van der Waals surface area contributed by atoms with Gasteiger partial charge in [0.15, 0.2) is 0 Å². The van der Waals surface area contributed by atoms with Crippen LogP contribution in [0.25, 0.3) is 0 Å². The number of alkyl carbamates (subject to hydrolysis) is 1. The zero-order valence-corrected chi connectivity index (χ0v) is 12.8. The lowest BCUT2D eigenvalue weighted by atomic mass is 9.94. The van der Waals surface area contributed by atoms with Gasteiger partial charge in [-0.25, -0.2) is 4.79 Å². The molecule has 0 aromatic heterocycles. The lowest BCUT2D eigenvalue weighted by molar-refractivity contribution is -0.137. The molecule has 0 heterocycles. The molecule has 2 N–H and O–H groups in total. The summed E-state index contributed by atoms with van der Waals surface area (Å²) in [6.07, 6.45) is 0.0452. The van der Waals surface area contributed by atoms with E-state index < -0.39 is 17.7 Å². The Morgan fingerprint density at radius 1 is 1.24 bits per heavy atom. The number of hydrogen-bond donors (Lipinski definition) is 2. The molecule has 0 saturated heterocycles. The van der Waals surface area contributed by atoms with Crippen LogP contribution >= 0.6 is 0 Å². The summed E-state index contributed by atoms with van der Waals surface area (Å²) in [5.74, 6) is -0.886. The Balaban J connectivity index is 2.61. The third-order valence-corrected chi connectivity index (χ3v) is 2.87. The van der Waals surface area contributed by atoms with Gasteiger partial charge in [0.25, 0.3) is 0 Å². The summed E-state index contributed by atoms with van der Waals surface area (Å²) in [6, 6.07) is 9.57. The van der Waals surface area contributed by atoms with Gasteiger partial charge >= 0.3 is 12.1 Å². The fourth-order valence-corrected chi connectivity index (χ4v) is 1.93. The van der Waals surface area contributed by atoms with Crippen LogP contribution in [-0.2, 0) is 9.53 Å². The number of benzene rings is 1. The summed E-state index contributed by atoms with van der Waals surface area (Å²) in [7, 11) is 0. The molecule has 1 aromatic rings. The average molecular weight is 293 g/mol. The highest BCUT2D eigenvalue weighted by atomic mass is 16.6. The van der Waals surface area contributed by atoms with E-state index in [1.165, 1.54) is 0 Å². The molecule has 0 bridgehead atoms. The molecule has 0 aliphatic rings. The van der Waals surface area contributed by atoms with Crippen LogP contribution in [0.4, 0.5) is 4.79 Å². The Morgan fingerprint density at radius 3 is 2.38 bits per heavy atom. The van der Waals surface area contributed by atoms with E-state index in [0.29, 0.717) is 13.0 Å². The quantitative estimate of drug-likeness (QED) is 0.844. The molecule has 5 nitrogen and oxygen atoms in total. The highest BCUT2D eigenvalue weighted by Gasteiger charge is 2.18. The first kappa shape index (κ1) is 17.0. The molecule has 116 valence electrons. The van der Waals surface area contributed by atoms with Crippen LogP contribution in [0.3, 0.4) is 0 Å². The average Bonchev–Trinajstić information content (AvgIpc) is 2.37. The number of rotatable bonds is 6. The Kier molecular flexibility index (Phi) is 6.21. The number of nitrogens with one attached hydrogen (secondary N) is 1. The number of carbonyl (C=O) groups is 2. The van der Waals surface area contributed by atoms with Crippen molar-refractivity contribution < 1.29 is 19.4 Å². The van der Waals surface area contributed by atoms with Crippen molar-refractivity contribution >= 4 is 12.1 Å². The predicted octanol–water partition coefficient (Wildman–Crippen LogP) is 3.16. The lowest BCUT2D eigenvalue weighted by Crippen LogP contribution is -2.35. The van der Waals surface area contributed by atoms with Crippen molar-refractivity contribution in [2.75, 3.05) is 6.54 Å². The van der Waals surface area contributed by atoms with E-state index in [4.69, 9.17) is 9.84 Å². The van der Waals surface area contributed by atoms with Crippen molar-refractivity contribution in [2.45, 2.75) is 45.1 Å². The van der Waals surface area contributed by atoms with Crippen LogP contribution in [0, 0.1) is 0 Å². The Bertz CT molecular complexity index is 465. The third kappa shape index (κ3) is 7.34. The SMILES string of the molecule is CC(C)(C)OC(=O)NCC(CCC(=O)O)c1ccccc1. The van der Waals surface area contributed by atoms with Crippen molar-refractivity contribution in [3.8, 4) is 0 Å². The molecule has 5 heteroatoms. The molecular weight excluding hydrogens is 270 g/mol. The van der Waals surface area contributed by atoms with E-state index in [9.17, 15) is 9.59 Å². The maximum absolute atomic E-state index is 11.7. The van der Waals surface area contributed by atoms with E-state index in [2.05, 4.69) is 5.32 Å². The van der Waals surface area contributed by atoms with Crippen LogP contribution in [0.1, 0.15) is 45.1 Å². The van der Waals surface area contributed by atoms with E-state index >= 15 is 0 Å². The van der Waals surface area contributed by atoms with Gasteiger partial charge in [-0.1, -0.05) is 30.3 Å². The van der Waals surface area contributed by atoms with Gasteiger partial charge in [0.2, 0.25) is 0 Å². The highest BCUT2D eigenvalue weighted by Crippen LogP contribution is 2.20. The number of hydrogen-bond acceptors (Lipinski definition) is 3. The smallest absolute Gasteiger partial charge is 0.407 e. The molecule has 21 heavy (non-hydrogen) atoms. The standard InChI is InChI=1S/C16H23NO4/c1-16(2,3)21-15(20)17-11-13(9-10-14(18)19)12-7-5-4-6-8-12/h4-8,13H,9-11H2,1-3H3,(H,17,20)(H,18,19). The van der Waals surface area contributed by atoms with Crippen LogP contribution in [0.5, 0.6) is 0 Å². The van der Waals surface area contributed by atoms with Crippen molar-refractivity contribution in [1.29, 1.82) is 0 Å². The number of aliphatic carboxylic acids is 1. The number of carboxylic acid groups (broad SMARTS) is 1. The first-order valence-electron chi connectivity index (χ1n) is 7.01. The van der Waals surface area contributed by atoms with Gasteiger partial charge < -0.3 is 15.2 Å². The minimum atomic E-state index is -0.840. The topological polar surface area (TPSA) is 75.6 Å². The van der Waals surface area contributed by atoms with E-state index in [1.54, 1.807) is 20.8 Å². The van der Waals surface area contributed by atoms with Crippen LogP contribution in [0.15, 0.2) is 30.3 Å². The molecule has 1 aromatic carbocycles. The maximum atomic E-state index is 11.7.